The number of nitrogens with zero attached hydrogens (tertiary/aromatic N) is 2. The molecule has 0 fully saturated rings. The van der Waals surface area contributed by atoms with E-state index in [9.17, 15) is 14.9 Å². The van der Waals surface area contributed by atoms with E-state index in [2.05, 4.69) is 10.6 Å². The van der Waals surface area contributed by atoms with E-state index in [0.717, 1.165) is 0 Å². The van der Waals surface area contributed by atoms with Gasteiger partial charge in [0.05, 0.1) is 4.92 Å². The molecule has 0 aromatic heterocycles. The number of para-hydroxylation sites is 1. The van der Waals surface area contributed by atoms with Gasteiger partial charge < -0.3 is 15.5 Å². The Hall–Kier alpha value is -2.02. The van der Waals surface area contributed by atoms with Crippen molar-refractivity contribution in [2.75, 3.05) is 32.5 Å². The molecule has 1 aromatic carbocycles. The molecule has 104 valence electrons. The zero-order valence-corrected chi connectivity index (χ0v) is 11.4. The maximum absolute atomic E-state index is 11.2. The van der Waals surface area contributed by atoms with Gasteiger partial charge in [0.1, 0.15) is 10.7 Å². The first-order valence-electron chi connectivity index (χ1n) is 5.55. The molecule has 0 bridgehead atoms. The number of anilines is 1. The number of nitrogens with one attached hydrogen (secondary N) is 2. The Morgan fingerprint density at radius 1 is 1.42 bits per heavy atom. The third kappa shape index (κ3) is 4.29. The Morgan fingerprint density at radius 2 is 2.11 bits per heavy atom. The van der Waals surface area contributed by atoms with Crippen molar-refractivity contribution in [3.05, 3.63) is 33.3 Å². The topological polar surface area (TPSA) is 87.5 Å². The fourth-order valence-corrected chi connectivity index (χ4v) is 1.61. The zero-order valence-electron chi connectivity index (χ0n) is 10.6. The van der Waals surface area contributed by atoms with Gasteiger partial charge in [-0.3, -0.25) is 10.1 Å². The molecule has 0 heterocycles. The second-order valence-electron chi connectivity index (χ2n) is 3.95. The molecule has 0 aliphatic heterocycles. The second-order valence-corrected chi connectivity index (χ2v) is 4.35. The van der Waals surface area contributed by atoms with E-state index in [1.807, 2.05) is 0 Å². The van der Waals surface area contributed by atoms with Crippen molar-refractivity contribution in [1.82, 2.24) is 10.2 Å². The summed E-state index contributed by atoms with van der Waals surface area (Å²) in [6.45, 7) is 0.710. The molecular weight excluding hydrogens is 272 g/mol. The first-order chi connectivity index (χ1) is 8.93. The molecule has 0 saturated heterocycles. The van der Waals surface area contributed by atoms with Gasteiger partial charge in [-0.05, 0) is 12.1 Å². The minimum absolute atomic E-state index is 0.0762. The average molecular weight is 287 g/mol. The summed E-state index contributed by atoms with van der Waals surface area (Å²) in [7, 11) is 3.26. The van der Waals surface area contributed by atoms with E-state index in [0.29, 0.717) is 18.8 Å². The van der Waals surface area contributed by atoms with Crippen molar-refractivity contribution in [1.29, 1.82) is 0 Å². The number of halogens is 1. The van der Waals surface area contributed by atoms with Gasteiger partial charge in [0.25, 0.3) is 0 Å². The molecule has 0 saturated carbocycles. The van der Waals surface area contributed by atoms with Crippen LogP contribution >= 0.6 is 11.6 Å². The average Bonchev–Trinajstić information content (AvgIpc) is 2.33. The monoisotopic (exact) mass is 286 g/mol. The van der Waals surface area contributed by atoms with Crippen LogP contribution in [0.1, 0.15) is 0 Å². The van der Waals surface area contributed by atoms with Gasteiger partial charge in [-0.2, -0.15) is 0 Å². The third-order valence-corrected chi connectivity index (χ3v) is 2.60. The first-order valence-corrected chi connectivity index (χ1v) is 5.93. The summed E-state index contributed by atoms with van der Waals surface area (Å²) in [5.41, 5.74) is 0.166. The summed E-state index contributed by atoms with van der Waals surface area (Å²) in [5, 5.41) is 16.5. The molecule has 19 heavy (non-hydrogen) atoms. The summed E-state index contributed by atoms with van der Waals surface area (Å²) in [5.74, 6) is 0. The minimum atomic E-state index is -0.539. The fourth-order valence-electron chi connectivity index (χ4n) is 1.37. The summed E-state index contributed by atoms with van der Waals surface area (Å²) >= 11 is 5.77. The number of carbonyl (C=O) groups is 1. The highest BCUT2D eigenvalue weighted by molar-refractivity contribution is 6.33. The number of nitro groups is 1. The Bertz CT molecular complexity index is 479. The number of hydrogen-bond acceptors (Lipinski definition) is 4. The van der Waals surface area contributed by atoms with Gasteiger partial charge in [-0.1, -0.05) is 17.7 Å². The van der Waals surface area contributed by atoms with E-state index in [4.69, 9.17) is 11.6 Å². The van der Waals surface area contributed by atoms with E-state index in [1.54, 1.807) is 26.2 Å². The Labute approximate surface area is 115 Å². The number of amides is 2. The van der Waals surface area contributed by atoms with E-state index < -0.39 is 4.92 Å². The maximum atomic E-state index is 11.2. The highest BCUT2D eigenvalue weighted by atomic mass is 35.5. The number of urea groups is 1. The van der Waals surface area contributed by atoms with Crippen molar-refractivity contribution >= 4 is 29.0 Å². The van der Waals surface area contributed by atoms with Crippen LogP contribution < -0.4 is 10.6 Å². The van der Waals surface area contributed by atoms with Gasteiger partial charge in [0.15, 0.2) is 0 Å². The lowest BCUT2D eigenvalue weighted by atomic mass is 10.2. The van der Waals surface area contributed by atoms with Gasteiger partial charge in [-0.15, -0.1) is 0 Å². The summed E-state index contributed by atoms with van der Waals surface area (Å²) < 4.78 is 0. The lowest BCUT2D eigenvalue weighted by molar-refractivity contribution is -0.383. The highest BCUT2D eigenvalue weighted by Crippen LogP contribution is 2.31. The fraction of sp³-hybridized carbons (Fsp3) is 0.364. The Kier molecular flexibility index (Phi) is 5.37. The number of benzene rings is 1. The van der Waals surface area contributed by atoms with Crippen LogP contribution in [0.2, 0.25) is 5.02 Å². The molecule has 7 nitrogen and oxygen atoms in total. The standard InChI is InChI=1S/C11H15ClN4O3/c1-15(2)11(17)14-7-6-13-9-5-3-4-8(12)10(9)16(18)19/h3-5,13H,6-7H2,1-2H3,(H,14,17). The smallest absolute Gasteiger partial charge is 0.316 e. The van der Waals surface area contributed by atoms with Gasteiger partial charge >= 0.3 is 11.7 Å². The highest BCUT2D eigenvalue weighted by Gasteiger charge is 2.17. The van der Waals surface area contributed by atoms with Crippen LogP contribution in [0.3, 0.4) is 0 Å². The van der Waals surface area contributed by atoms with Crippen molar-refractivity contribution in [3.8, 4) is 0 Å². The Balaban J connectivity index is 2.57. The van der Waals surface area contributed by atoms with E-state index >= 15 is 0 Å². The number of hydrogen-bond donors (Lipinski definition) is 2. The summed E-state index contributed by atoms with van der Waals surface area (Å²) in [4.78, 5) is 23.0. The van der Waals surface area contributed by atoms with Crippen LogP contribution in [-0.4, -0.2) is 43.0 Å². The number of carbonyl (C=O) groups excluding carboxylic acids is 1. The lowest BCUT2D eigenvalue weighted by Crippen LogP contribution is -2.37. The van der Waals surface area contributed by atoms with Gasteiger partial charge in [-0.25, -0.2) is 4.79 Å². The third-order valence-electron chi connectivity index (χ3n) is 2.29. The van der Waals surface area contributed by atoms with Crippen LogP contribution in [0.15, 0.2) is 18.2 Å². The normalized spacial score (nSPS) is 9.84. The van der Waals surface area contributed by atoms with Crippen LogP contribution in [0.4, 0.5) is 16.2 Å². The lowest BCUT2D eigenvalue weighted by Gasteiger charge is -2.12. The van der Waals surface area contributed by atoms with E-state index in [1.165, 1.54) is 11.0 Å². The van der Waals surface area contributed by atoms with E-state index in [-0.39, 0.29) is 16.7 Å². The van der Waals surface area contributed by atoms with Crippen molar-refractivity contribution in [2.24, 2.45) is 0 Å². The van der Waals surface area contributed by atoms with Crippen LogP contribution in [0, 0.1) is 10.1 Å². The second kappa shape index (κ2) is 6.79. The van der Waals surface area contributed by atoms with Crippen molar-refractivity contribution in [3.63, 3.8) is 0 Å². The Morgan fingerprint density at radius 3 is 2.68 bits per heavy atom. The largest absolute Gasteiger partial charge is 0.378 e. The minimum Gasteiger partial charge on any atom is -0.378 e. The van der Waals surface area contributed by atoms with Crippen LogP contribution in [0.25, 0.3) is 0 Å². The number of nitro benzene ring substituents is 1. The van der Waals surface area contributed by atoms with Gasteiger partial charge in [0.2, 0.25) is 0 Å². The quantitative estimate of drug-likeness (QED) is 0.492. The van der Waals surface area contributed by atoms with Crippen molar-refractivity contribution < 1.29 is 9.72 Å². The molecule has 8 heteroatoms. The molecule has 1 rings (SSSR count). The predicted octanol–water partition coefficient (Wildman–Crippen LogP) is 1.93. The maximum Gasteiger partial charge on any atom is 0.316 e. The molecule has 0 aliphatic rings. The van der Waals surface area contributed by atoms with Crippen molar-refractivity contribution in [2.45, 2.75) is 0 Å². The SMILES string of the molecule is CN(C)C(=O)NCCNc1cccc(Cl)c1[N+](=O)[O-]. The zero-order chi connectivity index (χ0) is 14.4. The molecule has 0 unspecified atom stereocenters. The number of rotatable bonds is 5. The molecule has 0 radical (unpaired) electrons. The van der Waals surface area contributed by atoms with Gasteiger partial charge in [0, 0.05) is 27.2 Å². The molecule has 0 aliphatic carbocycles. The predicted molar refractivity (Wildman–Crippen MR) is 73.7 cm³/mol. The van der Waals surface area contributed by atoms with Crippen LogP contribution in [0.5, 0.6) is 0 Å². The molecule has 1 aromatic rings. The first kappa shape index (κ1) is 15.0. The molecule has 2 amide bonds. The summed E-state index contributed by atoms with van der Waals surface area (Å²) in [6, 6.07) is 4.43. The molecule has 0 spiro atoms. The molecular formula is C11H15ClN4O3. The van der Waals surface area contributed by atoms with Crippen LogP contribution in [-0.2, 0) is 0 Å². The summed E-state index contributed by atoms with van der Waals surface area (Å²) in [6.07, 6.45) is 0. The molecule has 2 N–H and O–H groups in total. The molecule has 0 atom stereocenters.